The van der Waals surface area contributed by atoms with E-state index < -0.39 is 17.6 Å². The lowest BCUT2D eigenvalue weighted by Gasteiger charge is -2.11. The number of halogens is 4. The first-order valence-electron chi connectivity index (χ1n) is 5.90. The fourth-order valence-electron chi connectivity index (χ4n) is 1.80. The van der Waals surface area contributed by atoms with E-state index in [9.17, 15) is 18.0 Å². The van der Waals surface area contributed by atoms with Gasteiger partial charge in [-0.05, 0) is 32.0 Å². The number of aryl methyl sites for hydroxylation is 2. The molecule has 0 unspecified atom stereocenters. The zero-order valence-corrected chi connectivity index (χ0v) is 12.7. The van der Waals surface area contributed by atoms with Gasteiger partial charge in [0, 0.05) is 10.0 Å². The zero-order valence-electron chi connectivity index (χ0n) is 11.1. The number of nitrogens with zero attached hydrogens (tertiary/aromatic N) is 1. The van der Waals surface area contributed by atoms with Gasteiger partial charge in [0.1, 0.15) is 0 Å². The Morgan fingerprint density at radius 2 is 2.00 bits per heavy atom. The van der Waals surface area contributed by atoms with Crippen molar-refractivity contribution < 1.29 is 18.0 Å². The molecule has 0 spiro atoms. The second kappa shape index (κ2) is 5.51. The van der Waals surface area contributed by atoms with Crippen molar-refractivity contribution in [3.8, 4) is 0 Å². The molecule has 1 aromatic carbocycles. The average Bonchev–Trinajstić information content (AvgIpc) is 2.69. The molecule has 0 aliphatic heterocycles. The molecule has 1 amide bonds. The molecule has 0 aliphatic carbocycles. The molecule has 1 aromatic heterocycles. The number of nitrogens with one attached hydrogen (secondary N) is 2. The van der Waals surface area contributed by atoms with Crippen molar-refractivity contribution in [3.05, 3.63) is 45.2 Å². The van der Waals surface area contributed by atoms with Crippen molar-refractivity contribution in [1.29, 1.82) is 0 Å². The Labute approximate surface area is 126 Å². The minimum atomic E-state index is -4.53. The number of amides is 1. The summed E-state index contributed by atoms with van der Waals surface area (Å²) in [5, 5.41) is 9.15. The summed E-state index contributed by atoms with van der Waals surface area (Å²) in [7, 11) is 0. The normalized spacial score (nSPS) is 11.5. The van der Waals surface area contributed by atoms with Crippen LogP contribution in [0.25, 0.3) is 0 Å². The first-order chi connectivity index (χ1) is 9.70. The van der Waals surface area contributed by atoms with E-state index in [2.05, 4.69) is 31.4 Å². The molecule has 4 nitrogen and oxygen atoms in total. The quantitative estimate of drug-likeness (QED) is 0.847. The molecule has 112 valence electrons. The highest BCUT2D eigenvalue weighted by molar-refractivity contribution is 9.10. The van der Waals surface area contributed by atoms with Crippen LogP contribution in [0, 0.1) is 13.8 Å². The molecule has 0 aliphatic rings. The Bertz CT molecular complexity index is 675. The van der Waals surface area contributed by atoms with Crippen molar-refractivity contribution in [2.24, 2.45) is 0 Å². The Morgan fingerprint density at radius 1 is 1.33 bits per heavy atom. The van der Waals surface area contributed by atoms with Crippen LogP contribution in [0.2, 0.25) is 0 Å². The second-order valence-electron chi connectivity index (χ2n) is 4.46. The number of anilines is 1. The van der Waals surface area contributed by atoms with Crippen LogP contribution in [-0.2, 0) is 6.18 Å². The Kier molecular flexibility index (Phi) is 4.08. The van der Waals surface area contributed by atoms with Gasteiger partial charge in [0.2, 0.25) is 0 Å². The minimum Gasteiger partial charge on any atom is -0.319 e. The van der Waals surface area contributed by atoms with E-state index in [-0.39, 0.29) is 10.0 Å². The number of benzene rings is 1. The molecule has 2 aromatic rings. The summed E-state index contributed by atoms with van der Waals surface area (Å²) in [5.74, 6) is -0.624. The van der Waals surface area contributed by atoms with Gasteiger partial charge in [-0.2, -0.15) is 18.3 Å². The topological polar surface area (TPSA) is 57.8 Å². The number of alkyl halides is 3. The van der Waals surface area contributed by atoms with E-state index in [0.717, 1.165) is 6.07 Å². The Hall–Kier alpha value is -1.83. The molecule has 2 N–H and O–H groups in total. The van der Waals surface area contributed by atoms with Gasteiger partial charge in [-0.15, -0.1) is 0 Å². The van der Waals surface area contributed by atoms with Crippen molar-refractivity contribution >= 4 is 27.5 Å². The van der Waals surface area contributed by atoms with Crippen LogP contribution < -0.4 is 5.32 Å². The van der Waals surface area contributed by atoms with E-state index >= 15 is 0 Å². The smallest absolute Gasteiger partial charge is 0.319 e. The molecule has 0 atom stereocenters. The van der Waals surface area contributed by atoms with Crippen molar-refractivity contribution in [2.45, 2.75) is 20.0 Å². The summed E-state index contributed by atoms with van der Waals surface area (Å²) in [6.45, 7) is 3.39. The van der Waals surface area contributed by atoms with E-state index in [1.54, 1.807) is 13.8 Å². The van der Waals surface area contributed by atoms with Gasteiger partial charge < -0.3 is 5.32 Å². The minimum absolute atomic E-state index is 0.0782. The standard InChI is InChI=1S/C13H11BrF3N3O/c1-6-11(7(2)20-19-6)18-12(21)8-3-4-10(14)9(5-8)13(15,16)17/h3-5H,1-2H3,(H,18,21)(H,19,20). The van der Waals surface area contributed by atoms with Crippen LogP contribution in [-0.4, -0.2) is 16.1 Å². The largest absolute Gasteiger partial charge is 0.417 e. The number of carbonyl (C=O) groups excluding carboxylic acids is 1. The fourth-order valence-corrected chi connectivity index (χ4v) is 2.28. The van der Waals surface area contributed by atoms with Crippen LogP contribution in [0.15, 0.2) is 22.7 Å². The summed E-state index contributed by atoms with van der Waals surface area (Å²) in [5.41, 5.74) is 0.695. The van der Waals surface area contributed by atoms with E-state index in [4.69, 9.17) is 0 Å². The SMILES string of the molecule is Cc1n[nH]c(C)c1NC(=O)c1ccc(Br)c(C(F)(F)F)c1. The summed E-state index contributed by atoms with van der Waals surface area (Å²) in [6.07, 6.45) is -4.53. The molecule has 8 heteroatoms. The van der Waals surface area contributed by atoms with Crippen LogP contribution in [0.3, 0.4) is 0 Å². The highest BCUT2D eigenvalue weighted by Gasteiger charge is 2.33. The van der Waals surface area contributed by atoms with Gasteiger partial charge in [-0.3, -0.25) is 9.89 Å². The van der Waals surface area contributed by atoms with Crippen LogP contribution in [0.1, 0.15) is 27.3 Å². The molecule has 0 fully saturated rings. The van der Waals surface area contributed by atoms with Gasteiger partial charge in [0.05, 0.1) is 22.6 Å². The van der Waals surface area contributed by atoms with Gasteiger partial charge in [-0.25, -0.2) is 0 Å². The number of carbonyl (C=O) groups is 1. The molecule has 0 bridgehead atoms. The van der Waals surface area contributed by atoms with Crippen LogP contribution >= 0.6 is 15.9 Å². The van der Waals surface area contributed by atoms with Crippen molar-refractivity contribution in [2.75, 3.05) is 5.32 Å². The van der Waals surface area contributed by atoms with Gasteiger partial charge in [-0.1, -0.05) is 15.9 Å². The summed E-state index contributed by atoms with van der Waals surface area (Å²) < 4.78 is 38.4. The van der Waals surface area contributed by atoms with Crippen molar-refractivity contribution in [3.63, 3.8) is 0 Å². The third kappa shape index (κ3) is 3.26. The maximum atomic E-state index is 12.8. The number of aromatic amines is 1. The Morgan fingerprint density at radius 3 is 2.52 bits per heavy atom. The van der Waals surface area contributed by atoms with Crippen LogP contribution in [0.4, 0.5) is 18.9 Å². The first kappa shape index (κ1) is 15.6. The van der Waals surface area contributed by atoms with Gasteiger partial charge in [0.15, 0.2) is 0 Å². The number of aromatic nitrogens is 2. The van der Waals surface area contributed by atoms with Crippen LogP contribution in [0.5, 0.6) is 0 Å². The van der Waals surface area contributed by atoms with E-state index in [1.807, 2.05) is 0 Å². The van der Waals surface area contributed by atoms with Gasteiger partial charge in [0.25, 0.3) is 5.91 Å². The Balaban J connectivity index is 2.33. The van der Waals surface area contributed by atoms with Crippen molar-refractivity contribution in [1.82, 2.24) is 10.2 Å². The molecule has 0 saturated carbocycles. The average molecular weight is 362 g/mol. The zero-order chi connectivity index (χ0) is 15.8. The third-order valence-corrected chi connectivity index (χ3v) is 3.59. The third-order valence-electron chi connectivity index (χ3n) is 2.90. The second-order valence-corrected chi connectivity index (χ2v) is 5.31. The molecule has 0 saturated heterocycles. The predicted octanol–water partition coefficient (Wildman–Crippen LogP) is 4.06. The summed E-state index contributed by atoms with van der Waals surface area (Å²) in [4.78, 5) is 12.1. The molecule has 2 rings (SSSR count). The molecular weight excluding hydrogens is 351 g/mol. The van der Waals surface area contributed by atoms with Gasteiger partial charge >= 0.3 is 6.18 Å². The maximum absolute atomic E-state index is 12.8. The molecule has 21 heavy (non-hydrogen) atoms. The number of H-pyrrole nitrogens is 1. The lowest BCUT2D eigenvalue weighted by atomic mass is 10.1. The molecular formula is C13H11BrF3N3O. The fraction of sp³-hybridized carbons (Fsp3) is 0.231. The number of hydrogen-bond acceptors (Lipinski definition) is 2. The first-order valence-corrected chi connectivity index (χ1v) is 6.69. The lowest BCUT2D eigenvalue weighted by Crippen LogP contribution is -2.15. The maximum Gasteiger partial charge on any atom is 0.417 e. The monoisotopic (exact) mass is 361 g/mol. The predicted molar refractivity (Wildman–Crippen MR) is 75.2 cm³/mol. The lowest BCUT2D eigenvalue weighted by molar-refractivity contribution is -0.138. The molecule has 1 heterocycles. The summed E-state index contributed by atoms with van der Waals surface area (Å²) >= 11 is 2.83. The van der Waals surface area contributed by atoms with E-state index in [1.165, 1.54) is 12.1 Å². The number of rotatable bonds is 2. The highest BCUT2D eigenvalue weighted by Crippen LogP contribution is 2.35. The molecule has 0 radical (unpaired) electrons. The summed E-state index contributed by atoms with van der Waals surface area (Å²) in [6, 6.07) is 3.33. The van der Waals surface area contributed by atoms with E-state index in [0.29, 0.717) is 17.1 Å². The highest BCUT2D eigenvalue weighted by atomic mass is 79.9. The number of hydrogen-bond donors (Lipinski definition) is 2.